The third kappa shape index (κ3) is 3.80. The molecule has 1 fully saturated rings. The first kappa shape index (κ1) is 16.4. The van der Waals surface area contributed by atoms with Crippen LogP contribution in [-0.4, -0.2) is 38.5 Å². The fourth-order valence-electron chi connectivity index (χ4n) is 3.47. The van der Waals surface area contributed by atoms with Gasteiger partial charge in [0, 0.05) is 55.8 Å². The molecule has 4 rings (SSSR count). The lowest BCUT2D eigenvalue weighted by Gasteiger charge is -2.37. The van der Waals surface area contributed by atoms with Crippen LogP contribution in [0.3, 0.4) is 0 Å². The Morgan fingerprint density at radius 2 is 2.20 bits per heavy atom. The van der Waals surface area contributed by atoms with Crippen molar-refractivity contribution in [3.05, 3.63) is 53.1 Å². The summed E-state index contributed by atoms with van der Waals surface area (Å²) >= 11 is 6.04. The van der Waals surface area contributed by atoms with Crippen LogP contribution in [0.15, 0.2) is 47.5 Å². The quantitative estimate of drug-likeness (QED) is 0.905. The number of hydrogen-bond acceptors (Lipinski definition) is 4. The van der Waals surface area contributed by atoms with Crippen LogP contribution in [-0.2, 0) is 6.42 Å². The number of nitrogens with one attached hydrogen (secondary N) is 1. The first-order chi connectivity index (χ1) is 12.3. The fraction of sp³-hybridized carbons (Fsp3) is 0.350. The Hall–Kier alpha value is -2.04. The van der Waals surface area contributed by atoms with Crippen molar-refractivity contribution in [2.24, 2.45) is 4.99 Å². The third-order valence-corrected chi connectivity index (χ3v) is 5.00. The SMILES string of the molecule is Clc1cccc(CCOc2ccc3c(c2)N2CCNC[C@@H]2CC=N3)c1. The van der Waals surface area contributed by atoms with Gasteiger partial charge in [0.2, 0.25) is 0 Å². The Labute approximate surface area is 153 Å². The fourth-order valence-corrected chi connectivity index (χ4v) is 3.69. The Morgan fingerprint density at radius 1 is 1.24 bits per heavy atom. The summed E-state index contributed by atoms with van der Waals surface area (Å²) in [6.45, 7) is 3.65. The molecule has 0 spiro atoms. The van der Waals surface area contributed by atoms with Gasteiger partial charge in [-0.25, -0.2) is 0 Å². The lowest BCUT2D eigenvalue weighted by molar-refractivity contribution is 0.322. The van der Waals surface area contributed by atoms with E-state index < -0.39 is 0 Å². The number of aliphatic imine (C=N–C) groups is 1. The second-order valence-electron chi connectivity index (χ2n) is 6.48. The van der Waals surface area contributed by atoms with Crippen molar-refractivity contribution in [2.45, 2.75) is 18.9 Å². The van der Waals surface area contributed by atoms with E-state index in [4.69, 9.17) is 16.3 Å². The number of fused-ring (bicyclic) bond motifs is 3. The smallest absolute Gasteiger partial charge is 0.121 e. The number of halogens is 1. The molecule has 25 heavy (non-hydrogen) atoms. The molecule has 4 nitrogen and oxygen atoms in total. The largest absolute Gasteiger partial charge is 0.493 e. The van der Waals surface area contributed by atoms with E-state index in [0.29, 0.717) is 12.6 Å². The van der Waals surface area contributed by atoms with Gasteiger partial charge in [-0.3, -0.25) is 4.99 Å². The summed E-state index contributed by atoms with van der Waals surface area (Å²) in [5.41, 5.74) is 3.40. The van der Waals surface area contributed by atoms with Crippen LogP contribution < -0.4 is 15.0 Å². The molecule has 0 saturated carbocycles. The Kier molecular flexibility index (Phi) is 4.90. The summed E-state index contributed by atoms with van der Waals surface area (Å²) < 4.78 is 6.00. The van der Waals surface area contributed by atoms with E-state index >= 15 is 0 Å². The molecule has 0 unspecified atom stereocenters. The summed E-state index contributed by atoms with van der Waals surface area (Å²) in [5.74, 6) is 0.898. The Bertz CT molecular complexity index is 777. The molecule has 2 aliphatic rings. The minimum Gasteiger partial charge on any atom is -0.493 e. The second-order valence-corrected chi connectivity index (χ2v) is 6.91. The van der Waals surface area contributed by atoms with Crippen LogP contribution in [0.2, 0.25) is 5.02 Å². The first-order valence-electron chi connectivity index (χ1n) is 8.81. The summed E-state index contributed by atoms with van der Waals surface area (Å²) in [5, 5.41) is 4.24. The van der Waals surface area contributed by atoms with Crippen molar-refractivity contribution >= 4 is 29.2 Å². The zero-order chi connectivity index (χ0) is 17.1. The van der Waals surface area contributed by atoms with Crippen LogP contribution in [0, 0.1) is 0 Å². The van der Waals surface area contributed by atoms with Gasteiger partial charge >= 0.3 is 0 Å². The number of hydrogen-bond donors (Lipinski definition) is 1. The van der Waals surface area contributed by atoms with Gasteiger partial charge in [0.15, 0.2) is 0 Å². The normalized spacial score (nSPS) is 19.1. The molecule has 1 saturated heterocycles. The summed E-state index contributed by atoms with van der Waals surface area (Å²) in [4.78, 5) is 7.09. The number of rotatable bonds is 4. The molecule has 0 amide bonds. The van der Waals surface area contributed by atoms with Gasteiger partial charge in [0.05, 0.1) is 18.0 Å². The Morgan fingerprint density at radius 3 is 3.12 bits per heavy atom. The summed E-state index contributed by atoms with van der Waals surface area (Å²) in [6, 6.07) is 14.6. The summed E-state index contributed by atoms with van der Waals surface area (Å²) in [6.07, 6.45) is 3.86. The highest BCUT2D eigenvalue weighted by atomic mass is 35.5. The average molecular weight is 356 g/mol. The monoisotopic (exact) mass is 355 g/mol. The molecular weight excluding hydrogens is 334 g/mol. The van der Waals surface area contributed by atoms with E-state index in [2.05, 4.69) is 33.4 Å². The molecule has 1 atom stereocenters. The van der Waals surface area contributed by atoms with Gasteiger partial charge in [-0.1, -0.05) is 23.7 Å². The number of benzene rings is 2. The van der Waals surface area contributed by atoms with Crippen molar-refractivity contribution in [3.8, 4) is 5.75 Å². The van der Waals surface area contributed by atoms with E-state index in [0.717, 1.165) is 48.9 Å². The number of nitrogens with zero attached hydrogens (tertiary/aromatic N) is 2. The molecule has 130 valence electrons. The molecule has 0 radical (unpaired) electrons. The van der Waals surface area contributed by atoms with Crippen molar-refractivity contribution < 1.29 is 4.74 Å². The molecule has 0 aromatic heterocycles. The predicted molar refractivity (Wildman–Crippen MR) is 104 cm³/mol. The molecule has 2 aromatic carbocycles. The highest BCUT2D eigenvalue weighted by molar-refractivity contribution is 6.30. The average Bonchev–Trinajstić information content (AvgIpc) is 2.81. The van der Waals surface area contributed by atoms with Gasteiger partial charge in [0.25, 0.3) is 0 Å². The van der Waals surface area contributed by atoms with Crippen molar-refractivity contribution in [3.63, 3.8) is 0 Å². The standard InChI is InChI=1S/C20H22ClN3O/c21-16-3-1-2-15(12-16)7-11-25-18-4-5-19-20(13-18)24-10-9-22-14-17(24)6-8-23-19/h1-5,8,12-13,17,22H,6-7,9-11,14H2/t17-/m0/s1. The molecule has 0 aliphatic carbocycles. The van der Waals surface area contributed by atoms with Crippen LogP contribution >= 0.6 is 11.6 Å². The van der Waals surface area contributed by atoms with E-state index in [1.54, 1.807) is 0 Å². The predicted octanol–water partition coefficient (Wildman–Crippen LogP) is 3.85. The van der Waals surface area contributed by atoms with E-state index in [1.807, 2.05) is 30.5 Å². The minimum absolute atomic E-state index is 0.473. The molecule has 5 heteroatoms. The van der Waals surface area contributed by atoms with E-state index in [-0.39, 0.29) is 0 Å². The number of ether oxygens (including phenoxy) is 1. The lowest BCUT2D eigenvalue weighted by Crippen LogP contribution is -2.51. The van der Waals surface area contributed by atoms with Crippen molar-refractivity contribution in [1.29, 1.82) is 0 Å². The zero-order valence-corrected chi connectivity index (χ0v) is 14.9. The number of piperazine rings is 1. The molecule has 2 aliphatic heterocycles. The second kappa shape index (κ2) is 7.46. The van der Waals surface area contributed by atoms with Crippen LogP contribution in [0.5, 0.6) is 5.75 Å². The zero-order valence-electron chi connectivity index (χ0n) is 14.1. The van der Waals surface area contributed by atoms with Crippen LogP contribution in [0.4, 0.5) is 11.4 Å². The molecular formula is C20H22ClN3O. The summed E-state index contributed by atoms with van der Waals surface area (Å²) in [7, 11) is 0. The van der Waals surface area contributed by atoms with E-state index in [1.165, 1.54) is 11.3 Å². The topological polar surface area (TPSA) is 36.9 Å². The maximum atomic E-state index is 6.04. The van der Waals surface area contributed by atoms with Gasteiger partial charge in [0.1, 0.15) is 5.75 Å². The van der Waals surface area contributed by atoms with Gasteiger partial charge in [-0.2, -0.15) is 0 Å². The third-order valence-electron chi connectivity index (χ3n) is 4.76. The minimum atomic E-state index is 0.473. The van der Waals surface area contributed by atoms with Crippen LogP contribution in [0.25, 0.3) is 0 Å². The molecule has 0 bridgehead atoms. The van der Waals surface area contributed by atoms with Crippen LogP contribution in [0.1, 0.15) is 12.0 Å². The maximum Gasteiger partial charge on any atom is 0.121 e. The van der Waals surface area contributed by atoms with E-state index in [9.17, 15) is 0 Å². The molecule has 1 N–H and O–H groups in total. The first-order valence-corrected chi connectivity index (χ1v) is 9.18. The number of anilines is 1. The highest BCUT2D eigenvalue weighted by Gasteiger charge is 2.25. The van der Waals surface area contributed by atoms with Gasteiger partial charge in [-0.05, 0) is 29.8 Å². The highest BCUT2D eigenvalue weighted by Crippen LogP contribution is 2.36. The maximum absolute atomic E-state index is 6.04. The van der Waals surface area contributed by atoms with Crippen molar-refractivity contribution in [1.82, 2.24) is 5.32 Å². The molecule has 2 aromatic rings. The Balaban J connectivity index is 1.47. The van der Waals surface area contributed by atoms with Gasteiger partial charge in [-0.15, -0.1) is 0 Å². The molecule has 2 heterocycles. The van der Waals surface area contributed by atoms with Crippen molar-refractivity contribution in [2.75, 3.05) is 31.1 Å². The lowest BCUT2D eigenvalue weighted by atomic mass is 10.1. The van der Waals surface area contributed by atoms with Gasteiger partial charge < -0.3 is 15.0 Å².